The summed E-state index contributed by atoms with van der Waals surface area (Å²) >= 11 is 3.41. The first-order valence-electron chi connectivity index (χ1n) is 6.16. The van der Waals surface area contributed by atoms with Crippen molar-refractivity contribution in [3.63, 3.8) is 0 Å². The number of aromatic nitrogens is 4. The number of halogens is 2. The van der Waals surface area contributed by atoms with Crippen molar-refractivity contribution in [2.75, 3.05) is 5.73 Å². The number of hydrogen-bond donors (Lipinski definition) is 1. The van der Waals surface area contributed by atoms with Crippen LogP contribution >= 0.6 is 15.9 Å². The lowest BCUT2D eigenvalue weighted by Crippen LogP contribution is -2.03. The second kappa shape index (κ2) is 5.25. The average Bonchev–Trinajstić information content (AvgIpc) is 2.93. The highest BCUT2D eigenvalue weighted by molar-refractivity contribution is 9.10. The van der Waals surface area contributed by atoms with Gasteiger partial charge in [0.05, 0.1) is 11.3 Å². The van der Waals surface area contributed by atoms with Gasteiger partial charge in [0.1, 0.15) is 5.82 Å². The smallest absolute Gasteiger partial charge is 0.190 e. The highest BCUT2D eigenvalue weighted by Gasteiger charge is 2.16. The van der Waals surface area contributed by atoms with Gasteiger partial charge in [-0.05, 0) is 53.2 Å². The lowest BCUT2D eigenvalue weighted by atomic mass is 10.1. The topological polar surface area (TPSA) is 69.6 Å². The van der Waals surface area contributed by atoms with Gasteiger partial charge in [-0.25, -0.2) is 4.39 Å². The molecule has 0 aliphatic rings. The van der Waals surface area contributed by atoms with Crippen LogP contribution in [-0.4, -0.2) is 20.2 Å². The van der Waals surface area contributed by atoms with Crippen LogP contribution in [0.15, 0.2) is 40.9 Å². The second-order valence-electron chi connectivity index (χ2n) is 4.58. The molecule has 7 heteroatoms. The van der Waals surface area contributed by atoms with E-state index >= 15 is 0 Å². The number of benzene rings is 2. The van der Waals surface area contributed by atoms with Crippen molar-refractivity contribution in [2.24, 2.45) is 0 Å². The Balaban J connectivity index is 2.22. The molecule has 3 aromatic rings. The van der Waals surface area contributed by atoms with Crippen LogP contribution in [0, 0.1) is 12.7 Å². The number of nitrogens with two attached hydrogens (primary N) is 1. The van der Waals surface area contributed by atoms with Gasteiger partial charge in [-0.2, -0.15) is 4.68 Å². The summed E-state index contributed by atoms with van der Waals surface area (Å²) in [6, 6.07) is 10.0. The quantitative estimate of drug-likeness (QED) is 0.723. The van der Waals surface area contributed by atoms with E-state index < -0.39 is 5.82 Å². The van der Waals surface area contributed by atoms with Crippen LogP contribution in [-0.2, 0) is 0 Å². The van der Waals surface area contributed by atoms with E-state index in [2.05, 4.69) is 31.5 Å². The normalized spacial score (nSPS) is 10.8. The molecule has 0 aliphatic carbocycles. The minimum absolute atomic E-state index is 0.263. The number of nitrogens with zero attached hydrogens (tertiary/aromatic N) is 4. The van der Waals surface area contributed by atoms with E-state index in [4.69, 9.17) is 5.73 Å². The van der Waals surface area contributed by atoms with Crippen molar-refractivity contribution >= 4 is 21.6 Å². The van der Waals surface area contributed by atoms with E-state index in [0.29, 0.717) is 11.5 Å². The Hall–Kier alpha value is -2.28. The molecule has 0 radical (unpaired) electrons. The monoisotopic (exact) mass is 347 g/mol. The molecular formula is C14H11BrFN5. The van der Waals surface area contributed by atoms with E-state index in [0.717, 1.165) is 15.7 Å². The van der Waals surface area contributed by atoms with Crippen LogP contribution in [0.5, 0.6) is 0 Å². The molecule has 2 aromatic carbocycles. The van der Waals surface area contributed by atoms with Gasteiger partial charge in [0.25, 0.3) is 0 Å². The lowest BCUT2D eigenvalue weighted by molar-refractivity contribution is 0.629. The third-order valence-corrected chi connectivity index (χ3v) is 3.59. The number of nitrogen functional groups attached to an aromatic ring is 1. The van der Waals surface area contributed by atoms with Crippen molar-refractivity contribution < 1.29 is 4.39 Å². The number of hydrogen-bond acceptors (Lipinski definition) is 4. The molecule has 0 unspecified atom stereocenters. The maximum Gasteiger partial charge on any atom is 0.190 e. The van der Waals surface area contributed by atoms with Crippen LogP contribution in [0.3, 0.4) is 0 Å². The molecule has 3 rings (SSSR count). The van der Waals surface area contributed by atoms with Gasteiger partial charge in [0.2, 0.25) is 0 Å². The van der Waals surface area contributed by atoms with Crippen LogP contribution < -0.4 is 5.73 Å². The molecule has 1 heterocycles. The van der Waals surface area contributed by atoms with Crippen molar-refractivity contribution in [3.8, 4) is 17.1 Å². The van der Waals surface area contributed by atoms with Gasteiger partial charge in [-0.15, -0.1) is 5.10 Å². The molecule has 0 spiro atoms. The van der Waals surface area contributed by atoms with E-state index in [1.54, 1.807) is 0 Å². The highest BCUT2D eigenvalue weighted by atomic mass is 79.9. The largest absolute Gasteiger partial charge is 0.399 e. The summed E-state index contributed by atoms with van der Waals surface area (Å²) in [5, 5.41) is 11.5. The van der Waals surface area contributed by atoms with E-state index in [1.165, 1.54) is 22.9 Å². The third kappa shape index (κ3) is 2.52. The molecule has 0 amide bonds. The third-order valence-electron chi connectivity index (χ3n) is 3.10. The molecule has 0 atom stereocenters. The van der Waals surface area contributed by atoms with E-state index in [-0.39, 0.29) is 5.56 Å². The zero-order valence-corrected chi connectivity index (χ0v) is 12.7. The Morgan fingerprint density at radius 1 is 1.19 bits per heavy atom. The molecule has 0 aliphatic heterocycles. The van der Waals surface area contributed by atoms with Crippen molar-refractivity contribution in [2.45, 2.75) is 6.92 Å². The molecule has 0 saturated carbocycles. The van der Waals surface area contributed by atoms with Gasteiger partial charge in [-0.1, -0.05) is 22.0 Å². The summed E-state index contributed by atoms with van der Waals surface area (Å²) in [5.41, 5.74) is 8.18. The summed E-state index contributed by atoms with van der Waals surface area (Å²) in [7, 11) is 0. The SMILES string of the molecule is Cc1ccc(Br)cc1-n1nnnc1-c1cc(N)ccc1F. The van der Waals surface area contributed by atoms with Crippen molar-refractivity contribution in [1.82, 2.24) is 20.2 Å². The summed E-state index contributed by atoms with van der Waals surface area (Å²) in [6.45, 7) is 1.93. The van der Waals surface area contributed by atoms with Gasteiger partial charge >= 0.3 is 0 Å². The number of tetrazole rings is 1. The standard InChI is InChI=1S/C14H11BrFN5/c1-8-2-3-9(15)6-13(8)21-14(18-19-20-21)11-7-10(17)4-5-12(11)16/h2-7H,17H2,1H3. The Bertz CT molecular complexity index is 749. The molecule has 0 bridgehead atoms. The molecule has 5 nitrogen and oxygen atoms in total. The fourth-order valence-electron chi connectivity index (χ4n) is 2.04. The first-order valence-corrected chi connectivity index (χ1v) is 6.96. The number of aryl methyl sites for hydroxylation is 1. The molecule has 0 fully saturated rings. The number of rotatable bonds is 2. The predicted molar refractivity (Wildman–Crippen MR) is 81.4 cm³/mol. The second-order valence-corrected chi connectivity index (χ2v) is 5.50. The Morgan fingerprint density at radius 2 is 2.00 bits per heavy atom. The summed E-state index contributed by atoms with van der Waals surface area (Å²) in [6.07, 6.45) is 0. The summed E-state index contributed by atoms with van der Waals surface area (Å²) < 4.78 is 16.4. The Morgan fingerprint density at radius 3 is 2.81 bits per heavy atom. The minimum Gasteiger partial charge on any atom is -0.399 e. The Labute approximate surface area is 128 Å². The molecule has 21 heavy (non-hydrogen) atoms. The zero-order valence-electron chi connectivity index (χ0n) is 11.1. The van der Waals surface area contributed by atoms with E-state index in [9.17, 15) is 4.39 Å². The minimum atomic E-state index is -0.423. The lowest BCUT2D eigenvalue weighted by Gasteiger charge is -2.09. The van der Waals surface area contributed by atoms with E-state index in [1.807, 2.05) is 25.1 Å². The molecule has 2 N–H and O–H groups in total. The van der Waals surface area contributed by atoms with Crippen LogP contribution in [0.25, 0.3) is 17.1 Å². The van der Waals surface area contributed by atoms with Gasteiger partial charge in [0, 0.05) is 10.2 Å². The van der Waals surface area contributed by atoms with Gasteiger partial charge < -0.3 is 5.73 Å². The number of anilines is 1. The van der Waals surface area contributed by atoms with Gasteiger partial charge in [-0.3, -0.25) is 0 Å². The van der Waals surface area contributed by atoms with Crippen molar-refractivity contribution in [3.05, 3.63) is 52.3 Å². The Kier molecular flexibility index (Phi) is 3.42. The first-order chi connectivity index (χ1) is 10.1. The van der Waals surface area contributed by atoms with Crippen LogP contribution in [0.1, 0.15) is 5.56 Å². The van der Waals surface area contributed by atoms with Crippen LogP contribution in [0.4, 0.5) is 10.1 Å². The van der Waals surface area contributed by atoms with Crippen molar-refractivity contribution in [1.29, 1.82) is 0 Å². The zero-order chi connectivity index (χ0) is 15.0. The highest BCUT2D eigenvalue weighted by Crippen LogP contribution is 2.27. The summed E-state index contributed by atoms with van der Waals surface area (Å²) in [4.78, 5) is 0. The fraction of sp³-hybridized carbons (Fsp3) is 0.0714. The molecule has 106 valence electrons. The first kappa shape index (κ1) is 13.7. The maximum atomic E-state index is 14.0. The molecule has 0 saturated heterocycles. The molecular weight excluding hydrogens is 337 g/mol. The predicted octanol–water partition coefficient (Wildman–Crippen LogP) is 3.12. The van der Waals surface area contributed by atoms with Gasteiger partial charge in [0.15, 0.2) is 5.82 Å². The fourth-order valence-corrected chi connectivity index (χ4v) is 2.39. The van der Waals surface area contributed by atoms with Crippen LogP contribution in [0.2, 0.25) is 0 Å². The molecule has 1 aromatic heterocycles. The maximum absolute atomic E-state index is 14.0. The summed E-state index contributed by atoms with van der Waals surface area (Å²) in [5.74, 6) is -0.117. The average molecular weight is 348 g/mol.